The van der Waals surface area contributed by atoms with Gasteiger partial charge in [0.1, 0.15) is 17.4 Å². The van der Waals surface area contributed by atoms with Crippen LogP contribution in [0, 0.1) is 6.92 Å². The average Bonchev–Trinajstić information content (AvgIpc) is 2.67. The highest BCUT2D eigenvalue weighted by molar-refractivity contribution is 5.89. The van der Waals surface area contributed by atoms with E-state index in [0.717, 1.165) is 30.2 Å². The van der Waals surface area contributed by atoms with Gasteiger partial charge in [0, 0.05) is 17.0 Å². The minimum Gasteiger partial charge on any atom is -0.481 e. The van der Waals surface area contributed by atoms with Crippen LogP contribution in [0.3, 0.4) is 0 Å². The molecule has 1 aromatic carbocycles. The molecule has 0 fully saturated rings. The van der Waals surface area contributed by atoms with Gasteiger partial charge in [-0.05, 0) is 44.4 Å². The van der Waals surface area contributed by atoms with Crippen LogP contribution in [0.2, 0.25) is 0 Å². The molecule has 0 aliphatic carbocycles. The van der Waals surface area contributed by atoms with Crippen LogP contribution in [0.25, 0.3) is 11.0 Å². The van der Waals surface area contributed by atoms with Gasteiger partial charge in [0.15, 0.2) is 6.10 Å². The lowest BCUT2D eigenvalue weighted by molar-refractivity contribution is -0.147. The molecule has 0 unspecified atom stereocenters. The highest BCUT2D eigenvalue weighted by atomic mass is 16.5. The Balaban J connectivity index is 2.25. The highest BCUT2D eigenvalue weighted by Gasteiger charge is 2.26. The number of carbonyl (C=O) groups excluding carboxylic acids is 1. The van der Waals surface area contributed by atoms with Gasteiger partial charge in [0.05, 0.1) is 6.42 Å². The molecule has 1 aromatic heterocycles. The lowest BCUT2D eigenvalue weighted by Crippen LogP contribution is -2.47. The summed E-state index contributed by atoms with van der Waals surface area (Å²) in [6.45, 7) is 5.16. The van der Waals surface area contributed by atoms with Gasteiger partial charge >= 0.3 is 17.6 Å². The van der Waals surface area contributed by atoms with Gasteiger partial charge in [0.25, 0.3) is 5.91 Å². The number of ether oxygens (including phenoxy) is 1. The number of hydrogen-bond acceptors (Lipinski definition) is 6. The molecule has 0 saturated carbocycles. The molecule has 0 bridgehead atoms. The fourth-order valence-electron chi connectivity index (χ4n) is 3.02. The Morgan fingerprint density at radius 2 is 1.93 bits per heavy atom. The molecule has 2 rings (SSSR count). The monoisotopic (exact) mass is 419 g/mol. The number of carboxylic acid groups (broad SMARTS) is 2. The molecular weight excluding hydrogens is 394 g/mol. The lowest BCUT2D eigenvalue weighted by Gasteiger charge is -2.19. The number of aliphatic carboxylic acids is 2. The second-order valence-electron chi connectivity index (χ2n) is 7.02. The van der Waals surface area contributed by atoms with Crippen LogP contribution in [0.5, 0.6) is 5.75 Å². The van der Waals surface area contributed by atoms with Crippen LogP contribution < -0.4 is 15.7 Å². The van der Waals surface area contributed by atoms with Gasteiger partial charge < -0.3 is 24.7 Å². The minimum atomic E-state index is -1.57. The number of rotatable bonds is 10. The third-order valence-electron chi connectivity index (χ3n) is 4.66. The first-order valence-electron chi connectivity index (χ1n) is 9.62. The maximum atomic E-state index is 12.3. The van der Waals surface area contributed by atoms with Crippen molar-refractivity contribution in [3.05, 3.63) is 39.7 Å². The molecule has 3 N–H and O–H groups in total. The maximum absolute atomic E-state index is 12.3. The number of fused-ring (bicyclic) bond motifs is 1. The molecule has 9 nitrogen and oxygen atoms in total. The van der Waals surface area contributed by atoms with E-state index in [4.69, 9.17) is 19.4 Å². The molecule has 30 heavy (non-hydrogen) atoms. The highest BCUT2D eigenvalue weighted by Crippen LogP contribution is 2.29. The van der Waals surface area contributed by atoms with Crippen molar-refractivity contribution < 1.29 is 33.8 Å². The summed E-state index contributed by atoms with van der Waals surface area (Å²) in [4.78, 5) is 46.1. The number of nitrogens with one attached hydrogen (secondary N) is 1. The summed E-state index contributed by atoms with van der Waals surface area (Å²) in [5.74, 6) is -3.29. The van der Waals surface area contributed by atoms with E-state index in [1.54, 1.807) is 19.1 Å². The molecular formula is C21H25NO8. The predicted molar refractivity (Wildman–Crippen MR) is 108 cm³/mol. The molecule has 1 heterocycles. The molecule has 0 saturated heterocycles. The Morgan fingerprint density at radius 3 is 2.53 bits per heavy atom. The van der Waals surface area contributed by atoms with E-state index in [0.29, 0.717) is 16.9 Å². The number of hydrogen-bond donors (Lipinski definition) is 3. The van der Waals surface area contributed by atoms with E-state index in [9.17, 15) is 19.2 Å². The first-order chi connectivity index (χ1) is 14.1. The number of benzene rings is 1. The van der Waals surface area contributed by atoms with Crippen molar-refractivity contribution in [3.8, 4) is 5.75 Å². The Kier molecular flexibility index (Phi) is 7.57. The van der Waals surface area contributed by atoms with E-state index >= 15 is 0 Å². The SMILES string of the molecule is CCCCc1cc(=O)oc2c(C)c(O[C@@H](C)C(=O)N[C@@H](CC(=O)O)C(=O)O)ccc12. The average molecular weight is 419 g/mol. The summed E-state index contributed by atoms with van der Waals surface area (Å²) in [7, 11) is 0. The van der Waals surface area contributed by atoms with Crippen LogP contribution >= 0.6 is 0 Å². The molecule has 0 aliphatic rings. The smallest absolute Gasteiger partial charge is 0.336 e. The third-order valence-corrected chi connectivity index (χ3v) is 4.66. The van der Waals surface area contributed by atoms with Crippen molar-refractivity contribution in [2.45, 2.75) is 58.6 Å². The number of carbonyl (C=O) groups is 3. The molecule has 0 spiro atoms. The van der Waals surface area contributed by atoms with Crippen molar-refractivity contribution >= 4 is 28.8 Å². The molecule has 1 amide bonds. The Morgan fingerprint density at radius 1 is 1.23 bits per heavy atom. The first-order valence-corrected chi connectivity index (χ1v) is 9.62. The van der Waals surface area contributed by atoms with Gasteiger partial charge in [-0.15, -0.1) is 0 Å². The number of carboxylic acids is 2. The fourth-order valence-corrected chi connectivity index (χ4v) is 3.02. The second kappa shape index (κ2) is 9.91. The van der Waals surface area contributed by atoms with E-state index in [1.807, 2.05) is 0 Å². The summed E-state index contributed by atoms with van der Waals surface area (Å²) in [6, 6.07) is 3.31. The van der Waals surface area contributed by atoms with E-state index in [1.165, 1.54) is 13.0 Å². The van der Waals surface area contributed by atoms with Crippen molar-refractivity contribution in [2.75, 3.05) is 0 Å². The number of aryl methyl sites for hydroxylation is 2. The first kappa shape index (κ1) is 22.9. The summed E-state index contributed by atoms with van der Waals surface area (Å²) in [6.07, 6.45) is 0.778. The Labute approximate surface area is 172 Å². The topological polar surface area (TPSA) is 143 Å². The predicted octanol–water partition coefficient (Wildman–Crippen LogP) is 2.26. The summed E-state index contributed by atoms with van der Waals surface area (Å²) < 4.78 is 11.0. The Bertz CT molecular complexity index is 1010. The number of amides is 1. The summed E-state index contributed by atoms with van der Waals surface area (Å²) >= 11 is 0. The minimum absolute atomic E-state index is 0.297. The molecule has 0 aliphatic heterocycles. The van der Waals surface area contributed by atoms with Gasteiger partial charge in [-0.2, -0.15) is 0 Å². The zero-order valence-corrected chi connectivity index (χ0v) is 17.1. The van der Waals surface area contributed by atoms with Crippen LogP contribution in [0.15, 0.2) is 27.4 Å². The maximum Gasteiger partial charge on any atom is 0.336 e. The fraction of sp³-hybridized carbons (Fsp3) is 0.429. The zero-order chi connectivity index (χ0) is 22.4. The standard InChI is InChI=1S/C21H25NO8/c1-4-5-6-13-9-18(25)30-19-11(2)16(8-7-14(13)19)29-12(3)20(26)22-15(21(27)28)10-17(23)24/h7-9,12,15H,4-6,10H2,1-3H3,(H,22,26)(H,23,24)(H,27,28)/t12-,15-/m0/s1. The van der Waals surface area contributed by atoms with Crippen LogP contribution in [-0.2, 0) is 20.8 Å². The molecule has 2 aromatic rings. The van der Waals surface area contributed by atoms with Crippen molar-refractivity contribution in [2.24, 2.45) is 0 Å². The van der Waals surface area contributed by atoms with Crippen LogP contribution in [0.1, 0.15) is 44.2 Å². The van der Waals surface area contributed by atoms with Crippen molar-refractivity contribution in [1.82, 2.24) is 5.32 Å². The van der Waals surface area contributed by atoms with Gasteiger partial charge in [0.2, 0.25) is 0 Å². The summed E-state index contributed by atoms with van der Waals surface area (Å²) in [5, 5.41) is 20.8. The molecule has 162 valence electrons. The van der Waals surface area contributed by atoms with Gasteiger partial charge in [-0.1, -0.05) is 13.3 Å². The molecule has 0 radical (unpaired) electrons. The third kappa shape index (κ3) is 5.59. The van der Waals surface area contributed by atoms with Crippen LogP contribution in [0.4, 0.5) is 0 Å². The van der Waals surface area contributed by atoms with E-state index in [-0.39, 0.29) is 0 Å². The largest absolute Gasteiger partial charge is 0.481 e. The van der Waals surface area contributed by atoms with E-state index < -0.39 is 42.0 Å². The zero-order valence-electron chi connectivity index (χ0n) is 17.1. The van der Waals surface area contributed by atoms with Gasteiger partial charge in [-0.25, -0.2) is 9.59 Å². The second-order valence-corrected chi connectivity index (χ2v) is 7.02. The van der Waals surface area contributed by atoms with Crippen LogP contribution in [-0.4, -0.2) is 40.2 Å². The lowest BCUT2D eigenvalue weighted by atomic mass is 10.0. The Hall–Kier alpha value is -3.36. The van der Waals surface area contributed by atoms with E-state index in [2.05, 4.69) is 12.2 Å². The normalized spacial score (nSPS) is 12.9. The molecule has 9 heteroatoms. The quantitative estimate of drug-likeness (QED) is 0.498. The van der Waals surface area contributed by atoms with Crippen molar-refractivity contribution in [3.63, 3.8) is 0 Å². The van der Waals surface area contributed by atoms with Gasteiger partial charge in [-0.3, -0.25) is 9.59 Å². The van der Waals surface area contributed by atoms with Crippen molar-refractivity contribution in [1.29, 1.82) is 0 Å². The number of unbranched alkanes of at least 4 members (excludes halogenated alkanes) is 1. The summed E-state index contributed by atoms with van der Waals surface area (Å²) in [5.41, 5.74) is 1.30. The molecule has 2 atom stereocenters.